The molecule has 1 aromatic rings. The zero-order chi connectivity index (χ0) is 14.8. The van der Waals surface area contributed by atoms with E-state index in [4.69, 9.17) is 10.5 Å². The van der Waals surface area contributed by atoms with Gasteiger partial charge in [-0.3, -0.25) is 4.79 Å². The van der Waals surface area contributed by atoms with Gasteiger partial charge in [0.1, 0.15) is 11.3 Å². The van der Waals surface area contributed by atoms with Crippen molar-refractivity contribution in [3.8, 4) is 5.75 Å². The monoisotopic (exact) mass is 277 g/mol. The number of para-hydroxylation sites is 1. The van der Waals surface area contributed by atoms with E-state index in [1.54, 1.807) is 0 Å². The summed E-state index contributed by atoms with van der Waals surface area (Å²) in [7, 11) is 0. The molecule has 1 fully saturated rings. The molecule has 2 atom stereocenters. The Balaban J connectivity index is 1.95. The first kappa shape index (κ1) is 14.9. The maximum atomic E-state index is 11.3. The molecule has 2 rings (SSSR count). The molecule has 0 aliphatic heterocycles. The third kappa shape index (κ3) is 2.80. The van der Waals surface area contributed by atoms with E-state index in [9.17, 15) is 9.90 Å². The van der Waals surface area contributed by atoms with E-state index < -0.39 is 11.5 Å². The van der Waals surface area contributed by atoms with E-state index in [1.165, 1.54) is 0 Å². The number of carboxylic acid groups (broad SMARTS) is 1. The van der Waals surface area contributed by atoms with Gasteiger partial charge in [-0.1, -0.05) is 24.6 Å². The predicted molar refractivity (Wildman–Crippen MR) is 77.9 cm³/mol. The molecular formula is C16H23NO3. The number of hydrogen-bond acceptors (Lipinski definition) is 3. The maximum absolute atomic E-state index is 11.3. The minimum absolute atomic E-state index is 0.00400. The Hall–Kier alpha value is -1.55. The summed E-state index contributed by atoms with van der Waals surface area (Å²) in [6, 6.07) is 6.04. The van der Waals surface area contributed by atoms with Gasteiger partial charge < -0.3 is 15.6 Å². The molecule has 0 bridgehead atoms. The normalized spacial score (nSPS) is 25.6. The Kier molecular flexibility index (Phi) is 4.33. The van der Waals surface area contributed by atoms with Gasteiger partial charge in [0.15, 0.2) is 0 Å². The van der Waals surface area contributed by atoms with Crippen molar-refractivity contribution < 1.29 is 14.6 Å². The topological polar surface area (TPSA) is 72.5 Å². The van der Waals surface area contributed by atoms with E-state index in [0.717, 1.165) is 29.7 Å². The molecule has 3 N–H and O–H groups in total. The van der Waals surface area contributed by atoms with Crippen LogP contribution in [-0.4, -0.2) is 23.2 Å². The lowest BCUT2D eigenvalue weighted by Crippen LogP contribution is -2.51. The Morgan fingerprint density at radius 2 is 2.10 bits per heavy atom. The van der Waals surface area contributed by atoms with Crippen molar-refractivity contribution in [2.45, 2.75) is 45.1 Å². The summed E-state index contributed by atoms with van der Waals surface area (Å²) >= 11 is 0. The first-order valence-corrected chi connectivity index (χ1v) is 7.16. The molecule has 0 heterocycles. The van der Waals surface area contributed by atoms with Crippen LogP contribution in [0.15, 0.2) is 18.2 Å². The molecule has 1 saturated carbocycles. The molecule has 0 spiro atoms. The second-order valence-corrected chi connectivity index (χ2v) is 5.79. The maximum Gasteiger partial charge on any atom is 0.323 e. The van der Waals surface area contributed by atoms with Crippen LogP contribution in [-0.2, 0) is 4.79 Å². The van der Waals surface area contributed by atoms with Gasteiger partial charge in [-0.2, -0.15) is 0 Å². The first-order valence-electron chi connectivity index (χ1n) is 7.16. The summed E-state index contributed by atoms with van der Waals surface area (Å²) in [6.07, 6.45) is 3.02. The van der Waals surface area contributed by atoms with Crippen LogP contribution in [0.25, 0.3) is 0 Å². The lowest BCUT2D eigenvalue weighted by Gasteiger charge is -2.27. The number of carbonyl (C=O) groups is 1. The van der Waals surface area contributed by atoms with Crippen molar-refractivity contribution in [1.29, 1.82) is 0 Å². The van der Waals surface area contributed by atoms with E-state index in [-0.39, 0.29) is 5.92 Å². The summed E-state index contributed by atoms with van der Waals surface area (Å²) in [5.74, 6) is 0.0276. The average molecular weight is 277 g/mol. The van der Waals surface area contributed by atoms with Crippen LogP contribution in [0.4, 0.5) is 0 Å². The van der Waals surface area contributed by atoms with Crippen molar-refractivity contribution in [2.75, 3.05) is 6.61 Å². The van der Waals surface area contributed by atoms with Crippen molar-refractivity contribution in [3.63, 3.8) is 0 Å². The highest BCUT2D eigenvalue weighted by Gasteiger charge is 2.45. The average Bonchev–Trinajstić information content (AvgIpc) is 2.76. The lowest BCUT2D eigenvalue weighted by molar-refractivity contribution is -0.144. The summed E-state index contributed by atoms with van der Waals surface area (Å²) in [5.41, 5.74) is 7.18. The quantitative estimate of drug-likeness (QED) is 0.868. The smallest absolute Gasteiger partial charge is 0.323 e. The molecule has 0 radical (unpaired) electrons. The molecule has 4 heteroatoms. The fourth-order valence-corrected chi connectivity index (χ4v) is 3.12. The molecular weight excluding hydrogens is 254 g/mol. The van der Waals surface area contributed by atoms with Gasteiger partial charge in [-0.25, -0.2) is 0 Å². The SMILES string of the molecule is Cc1cccc(C)c1OCCC1CCCC1(N)C(=O)O. The number of hydrogen-bond donors (Lipinski definition) is 2. The van der Waals surface area contributed by atoms with Crippen LogP contribution < -0.4 is 10.5 Å². The van der Waals surface area contributed by atoms with Crippen LogP contribution in [0.3, 0.4) is 0 Å². The molecule has 0 aromatic heterocycles. The Bertz CT molecular complexity index is 480. The van der Waals surface area contributed by atoms with Gasteiger partial charge in [0.25, 0.3) is 0 Å². The van der Waals surface area contributed by atoms with E-state index >= 15 is 0 Å². The molecule has 0 saturated heterocycles. The molecule has 0 amide bonds. The van der Waals surface area contributed by atoms with Gasteiger partial charge in [0.2, 0.25) is 0 Å². The fourth-order valence-electron chi connectivity index (χ4n) is 3.12. The summed E-state index contributed by atoms with van der Waals surface area (Å²) in [5, 5.41) is 9.28. The largest absolute Gasteiger partial charge is 0.493 e. The summed E-state index contributed by atoms with van der Waals surface area (Å²) in [6.45, 7) is 4.55. The Labute approximate surface area is 119 Å². The number of aliphatic carboxylic acids is 1. The van der Waals surface area contributed by atoms with Gasteiger partial charge in [-0.05, 0) is 50.2 Å². The zero-order valence-corrected chi connectivity index (χ0v) is 12.2. The predicted octanol–water partition coefficient (Wildman–Crippen LogP) is 2.65. The van der Waals surface area contributed by atoms with Gasteiger partial charge in [0.05, 0.1) is 6.61 Å². The lowest BCUT2D eigenvalue weighted by atomic mass is 9.86. The molecule has 1 aliphatic rings. The Morgan fingerprint density at radius 1 is 1.45 bits per heavy atom. The van der Waals surface area contributed by atoms with Crippen LogP contribution in [0.1, 0.15) is 36.8 Å². The minimum atomic E-state index is -1.07. The highest BCUT2D eigenvalue weighted by Crippen LogP contribution is 2.36. The number of ether oxygens (including phenoxy) is 1. The van der Waals surface area contributed by atoms with E-state index in [2.05, 4.69) is 0 Å². The zero-order valence-electron chi connectivity index (χ0n) is 12.2. The number of rotatable bonds is 5. The first-order chi connectivity index (χ1) is 9.45. The highest BCUT2D eigenvalue weighted by molar-refractivity contribution is 5.79. The summed E-state index contributed by atoms with van der Waals surface area (Å²) < 4.78 is 5.85. The molecule has 1 aliphatic carbocycles. The molecule has 110 valence electrons. The minimum Gasteiger partial charge on any atom is -0.493 e. The van der Waals surface area contributed by atoms with Gasteiger partial charge in [0, 0.05) is 0 Å². The van der Waals surface area contributed by atoms with Crippen LogP contribution >= 0.6 is 0 Å². The third-order valence-electron chi connectivity index (χ3n) is 4.39. The molecule has 20 heavy (non-hydrogen) atoms. The standard InChI is InChI=1S/C16H23NO3/c1-11-5-3-6-12(2)14(11)20-10-8-13-7-4-9-16(13,17)15(18)19/h3,5-6,13H,4,7-10,17H2,1-2H3,(H,18,19). The van der Waals surface area contributed by atoms with E-state index in [1.807, 2.05) is 32.0 Å². The molecule has 2 unspecified atom stereocenters. The number of benzene rings is 1. The second kappa shape index (κ2) is 5.83. The van der Waals surface area contributed by atoms with Crippen molar-refractivity contribution in [3.05, 3.63) is 29.3 Å². The number of carboxylic acids is 1. The van der Waals surface area contributed by atoms with Crippen molar-refractivity contribution in [1.82, 2.24) is 0 Å². The number of aryl methyl sites for hydroxylation is 2. The van der Waals surface area contributed by atoms with Crippen LogP contribution in [0.5, 0.6) is 5.75 Å². The molecule has 1 aromatic carbocycles. The van der Waals surface area contributed by atoms with E-state index in [0.29, 0.717) is 19.4 Å². The van der Waals surface area contributed by atoms with Crippen LogP contribution in [0.2, 0.25) is 0 Å². The van der Waals surface area contributed by atoms with Crippen molar-refractivity contribution in [2.24, 2.45) is 11.7 Å². The highest BCUT2D eigenvalue weighted by atomic mass is 16.5. The van der Waals surface area contributed by atoms with Gasteiger partial charge in [-0.15, -0.1) is 0 Å². The fraction of sp³-hybridized carbons (Fsp3) is 0.562. The number of nitrogens with two attached hydrogens (primary N) is 1. The second-order valence-electron chi connectivity index (χ2n) is 5.79. The Morgan fingerprint density at radius 3 is 2.70 bits per heavy atom. The third-order valence-corrected chi connectivity index (χ3v) is 4.39. The summed E-state index contributed by atoms with van der Waals surface area (Å²) in [4.78, 5) is 11.3. The molecule has 4 nitrogen and oxygen atoms in total. The van der Waals surface area contributed by atoms with Crippen LogP contribution in [0, 0.1) is 19.8 Å². The van der Waals surface area contributed by atoms with Crippen molar-refractivity contribution >= 4 is 5.97 Å². The van der Waals surface area contributed by atoms with Gasteiger partial charge >= 0.3 is 5.97 Å².